The lowest BCUT2D eigenvalue weighted by Gasteiger charge is -2.15. The Morgan fingerprint density at radius 2 is 1.95 bits per heavy atom. The van der Waals surface area contributed by atoms with E-state index >= 15 is 0 Å². The molecule has 2 rings (SSSR count). The van der Waals surface area contributed by atoms with Crippen LogP contribution in [-0.2, 0) is 6.18 Å². The van der Waals surface area contributed by atoms with Crippen LogP contribution in [0.15, 0.2) is 36.4 Å². The van der Waals surface area contributed by atoms with Gasteiger partial charge in [-0.05, 0) is 37.3 Å². The molecule has 1 unspecified atom stereocenters. The number of hydrogen-bond acceptors (Lipinski definition) is 2. The first-order valence-electron chi connectivity index (χ1n) is 5.55. The summed E-state index contributed by atoms with van der Waals surface area (Å²) in [5.74, 6) is 0. The van der Waals surface area contributed by atoms with E-state index in [0.29, 0.717) is 10.0 Å². The molecular formula is C13H11ClF3NS. The van der Waals surface area contributed by atoms with E-state index in [1.54, 1.807) is 12.1 Å². The van der Waals surface area contributed by atoms with Crippen LogP contribution in [0, 0.1) is 0 Å². The molecule has 6 heteroatoms. The highest BCUT2D eigenvalue weighted by Gasteiger charge is 2.30. The van der Waals surface area contributed by atoms with Gasteiger partial charge in [-0.25, -0.2) is 0 Å². The van der Waals surface area contributed by atoms with Crippen LogP contribution >= 0.6 is 22.9 Å². The zero-order valence-corrected chi connectivity index (χ0v) is 11.5. The van der Waals surface area contributed by atoms with Gasteiger partial charge >= 0.3 is 6.18 Å². The van der Waals surface area contributed by atoms with Gasteiger partial charge in [0.25, 0.3) is 0 Å². The zero-order chi connectivity index (χ0) is 14.0. The van der Waals surface area contributed by atoms with E-state index in [9.17, 15) is 13.2 Å². The second-order valence-electron chi connectivity index (χ2n) is 4.09. The van der Waals surface area contributed by atoms with Crippen molar-refractivity contribution < 1.29 is 13.2 Å². The van der Waals surface area contributed by atoms with Crippen molar-refractivity contribution in [2.45, 2.75) is 19.1 Å². The topological polar surface area (TPSA) is 12.0 Å². The van der Waals surface area contributed by atoms with E-state index in [1.165, 1.54) is 17.4 Å². The van der Waals surface area contributed by atoms with E-state index in [1.807, 2.05) is 13.0 Å². The van der Waals surface area contributed by atoms with E-state index < -0.39 is 11.7 Å². The summed E-state index contributed by atoms with van der Waals surface area (Å²) >= 11 is 7.24. The van der Waals surface area contributed by atoms with Crippen molar-refractivity contribution in [2.75, 3.05) is 5.32 Å². The minimum atomic E-state index is -4.33. The van der Waals surface area contributed by atoms with Gasteiger partial charge in [-0.3, -0.25) is 0 Å². The summed E-state index contributed by atoms with van der Waals surface area (Å²) in [5.41, 5.74) is -0.222. The summed E-state index contributed by atoms with van der Waals surface area (Å²) in [6.45, 7) is 1.88. The molecule has 1 nitrogen and oxygen atoms in total. The Morgan fingerprint density at radius 1 is 1.21 bits per heavy atom. The Kier molecular flexibility index (Phi) is 4.06. The van der Waals surface area contributed by atoms with Gasteiger partial charge in [0.2, 0.25) is 0 Å². The molecular weight excluding hydrogens is 295 g/mol. The van der Waals surface area contributed by atoms with Crippen LogP contribution in [0.2, 0.25) is 4.34 Å². The molecule has 0 radical (unpaired) electrons. The van der Waals surface area contributed by atoms with Gasteiger partial charge in [-0.2, -0.15) is 13.2 Å². The Balaban J connectivity index is 2.15. The normalized spacial score (nSPS) is 13.3. The van der Waals surface area contributed by atoms with Gasteiger partial charge in [0.1, 0.15) is 0 Å². The van der Waals surface area contributed by atoms with Crippen molar-refractivity contribution in [2.24, 2.45) is 0 Å². The molecule has 0 aliphatic rings. The molecule has 0 aliphatic carbocycles. The second-order valence-corrected chi connectivity index (χ2v) is 5.83. The monoisotopic (exact) mass is 305 g/mol. The molecule has 1 atom stereocenters. The van der Waals surface area contributed by atoms with Gasteiger partial charge < -0.3 is 5.32 Å². The Labute approximate surface area is 118 Å². The molecule has 0 bridgehead atoms. The van der Waals surface area contributed by atoms with Gasteiger partial charge in [-0.1, -0.05) is 17.7 Å². The van der Waals surface area contributed by atoms with Crippen molar-refractivity contribution in [3.63, 3.8) is 0 Å². The third-order valence-electron chi connectivity index (χ3n) is 2.59. The quantitative estimate of drug-likeness (QED) is 0.779. The van der Waals surface area contributed by atoms with E-state index in [2.05, 4.69) is 5.32 Å². The number of rotatable bonds is 3. The minimum Gasteiger partial charge on any atom is -0.378 e. The molecule has 1 aromatic carbocycles. The smallest absolute Gasteiger partial charge is 0.378 e. The number of halogens is 4. The fourth-order valence-corrected chi connectivity index (χ4v) is 2.73. The molecule has 2 aromatic rings. The lowest BCUT2D eigenvalue weighted by Crippen LogP contribution is -2.08. The molecule has 19 heavy (non-hydrogen) atoms. The van der Waals surface area contributed by atoms with Crippen molar-refractivity contribution in [1.82, 2.24) is 0 Å². The first kappa shape index (κ1) is 14.2. The van der Waals surface area contributed by atoms with Crippen LogP contribution in [0.4, 0.5) is 18.9 Å². The number of hydrogen-bond donors (Lipinski definition) is 1. The molecule has 0 amide bonds. The second kappa shape index (κ2) is 5.43. The molecule has 0 saturated heterocycles. The molecule has 102 valence electrons. The van der Waals surface area contributed by atoms with Gasteiger partial charge in [0.05, 0.1) is 15.9 Å². The number of benzene rings is 1. The largest absolute Gasteiger partial charge is 0.416 e. The van der Waals surface area contributed by atoms with Crippen molar-refractivity contribution >= 4 is 28.6 Å². The lowest BCUT2D eigenvalue weighted by molar-refractivity contribution is -0.137. The first-order chi connectivity index (χ1) is 8.86. The van der Waals surface area contributed by atoms with Gasteiger partial charge in [-0.15, -0.1) is 11.3 Å². The third kappa shape index (κ3) is 3.64. The van der Waals surface area contributed by atoms with Crippen LogP contribution in [0.5, 0.6) is 0 Å². The van der Waals surface area contributed by atoms with Crippen molar-refractivity contribution in [1.29, 1.82) is 0 Å². The highest BCUT2D eigenvalue weighted by atomic mass is 35.5. The number of nitrogens with one attached hydrogen (secondary N) is 1. The Hall–Kier alpha value is -1.20. The Bertz CT molecular complexity index is 565. The van der Waals surface area contributed by atoms with Crippen molar-refractivity contribution in [3.05, 3.63) is 51.2 Å². The fourth-order valence-electron chi connectivity index (χ4n) is 1.67. The number of thiophene rings is 1. The van der Waals surface area contributed by atoms with E-state index in [-0.39, 0.29) is 6.04 Å². The van der Waals surface area contributed by atoms with E-state index in [0.717, 1.165) is 17.0 Å². The molecule has 1 aromatic heterocycles. The van der Waals surface area contributed by atoms with Gasteiger partial charge in [0, 0.05) is 10.6 Å². The first-order valence-corrected chi connectivity index (χ1v) is 6.75. The third-order valence-corrected chi connectivity index (χ3v) is 4.01. The summed E-state index contributed by atoms with van der Waals surface area (Å²) in [4.78, 5) is 0.974. The molecule has 1 N–H and O–H groups in total. The van der Waals surface area contributed by atoms with Gasteiger partial charge in [0.15, 0.2) is 0 Å². The predicted octanol–water partition coefficient (Wildman–Crippen LogP) is 5.59. The summed E-state index contributed by atoms with van der Waals surface area (Å²) in [6, 6.07) is 8.69. The number of anilines is 1. The summed E-state index contributed by atoms with van der Waals surface area (Å²) < 4.78 is 38.4. The van der Waals surface area contributed by atoms with Crippen LogP contribution in [0.1, 0.15) is 23.4 Å². The maximum atomic E-state index is 12.6. The summed E-state index contributed by atoms with van der Waals surface area (Å²) in [7, 11) is 0. The average molecular weight is 306 g/mol. The predicted molar refractivity (Wildman–Crippen MR) is 72.8 cm³/mol. The average Bonchev–Trinajstić information content (AvgIpc) is 2.75. The molecule has 1 heterocycles. The molecule has 0 spiro atoms. The fraction of sp³-hybridized carbons (Fsp3) is 0.231. The summed E-state index contributed by atoms with van der Waals surface area (Å²) in [6.07, 6.45) is -4.33. The highest BCUT2D eigenvalue weighted by Crippen LogP contribution is 2.33. The Morgan fingerprint density at radius 3 is 2.53 bits per heavy atom. The highest BCUT2D eigenvalue weighted by molar-refractivity contribution is 7.16. The molecule has 0 aliphatic heterocycles. The van der Waals surface area contributed by atoms with Crippen LogP contribution in [0.25, 0.3) is 0 Å². The maximum absolute atomic E-state index is 12.6. The number of alkyl halides is 3. The zero-order valence-electron chi connectivity index (χ0n) is 9.96. The van der Waals surface area contributed by atoms with Crippen LogP contribution < -0.4 is 5.32 Å². The van der Waals surface area contributed by atoms with Crippen LogP contribution in [-0.4, -0.2) is 0 Å². The van der Waals surface area contributed by atoms with Crippen LogP contribution in [0.3, 0.4) is 0 Å². The lowest BCUT2D eigenvalue weighted by atomic mass is 10.1. The van der Waals surface area contributed by atoms with E-state index in [4.69, 9.17) is 11.6 Å². The maximum Gasteiger partial charge on any atom is 0.416 e. The SMILES string of the molecule is CC(Nc1cccc(C(F)(F)F)c1)c1ccc(Cl)s1. The minimum absolute atomic E-state index is 0.0963. The molecule has 0 fully saturated rings. The van der Waals surface area contributed by atoms with Crippen molar-refractivity contribution in [3.8, 4) is 0 Å². The standard InChI is InChI=1S/C13H11ClF3NS/c1-8(11-5-6-12(14)19-11)18-10-4-2-3-9(7-10)13(15,16)17/h2-8,18H,1H3. The summed E-state index contributed by atoms with van der Waals surface area (Å²) in [5, 5.41) is 3.04. The molecule has 0 saturated carbocycles.